The first-order chi connectivity index (χ1) is 9.66. The topological polar surface area (TPSA) is 77.5 Å². The Morgan fingerprint density at radius 3 is 2.80 bits per heavy atom. The normalized spacial score (nSPS) is 15.5. The minimum atomic E-state index is -0.630. The summed E-state index contributed by atoms with van der Waals surface area (Å²) in [4.78, 5) is 27.5. The van der Waals surface area contributed by atoms with Crippen LogP contribution in [-0.4, -0.2) is 14.3 Å². The summed E-state index contributed by atoms with van der Waals surface area (Å²) < 4.78 is 1.23. The number of hydrogen-bond acceptors (Lipinski definition) is 5. The van der Waals surface area contributed by atoms with Crippen molar-refractivity contribution in [2.24, 2.45) is 0 Å². The van der Waals surface area contributed by atoms with Crippen LogP contribution in [0.15, 0.2) is 21.9 Å². The molecular formula is C13H13N3O3S. The molecule has 1 fully saturated rings. The van der Waals surface area contributed by atoms with Gasteiger partial charge in [0, 0.05) is 11.6 Å². The average Bonchev–Trinajstić information content (AvgIpc) is 2.88. The molecule has 1 aliphatic rings. The van der Waals surface area contributed by atoms with Crippen molar-refractivity contribution in [2.75, 3.05) is 0 Å². The molecule has 104 valence electrons. The van der Waals surface area contributed by atoms with Gasteiger partial charge in [0.25, 0.3) is 0 Å². The molecule has 3 rings (SSSR count). The van der Waals surface area contributed by atoms with Gasteiger partial charge in [0.2, 0.25) is 0 Å². The molecule has 0 aliphatic heterocycles. The zero-order valence-electron chi connectivity index (χ0n) is 10.7. The summed E-state index contributed by atoms with van der Waals surface area (Å²) in [5, 5.41) is 12.9. The van der Waals surface area contributed by atoms with Gasteiger partial charge in [0.05, 0.1) is 4.92 Å². The Kier molecular flexibility index (Phi) is 3.35. The van der Waals surface area contributed by atoms with Gasteiger partial charge in [0.15, 0.2) is 4.96 Å². The zero-order chi connectivity index (χ0) is 14.1. The predicted molar refractivity (Wildman–Crippen MR) is 77.1 cm³/mol. The standard InChI is InChI=1S/C13H13N3O3S/c17-12-11(16(18)19)10(8-9-4-2-1-3-5-9)14-13-15(12)6-7-20-13/h6-8H,1-5H2. The molecule has 0 atom stereocenters. The van der Waals surface area contributed by atoms with E-state index in [1.807, 2.05) is 0 Å². The smallest absolute Gasteiger partial charge is 0.261 e. The minimum absolute atomic E-state index is 0.194. The Balaban J connectivity index is 2.20. The van der Waals surface area contributed by atoms with E-state index in [1.54, 1.807) is 11.5 Å². The van der Waals surface area contributed by atoms with E-state index in [2.05, 4.69) is 4.98 Å². The first kappa shape index (κ1) is 13.0. The fraction of sp³-hybridized carbons (Fsp3) is 0.385. The Bertz CT molecular complexity index is 752. The van der Waals surface area contributed by atoms with Gasteiger partial charge in [0.1, 0.15) is 5.69 Å². The predicted octanol–water partition coefficient (Wildman–Crippen LogP) is 3.01. The highest BCUT2D eigenvalue weighted by Gasteiger charge is 2.23. The third-order valence-electron chi connectivity index (χ3n) is 3.49. The third kappa shape index (κ3) is 2.24. The van der Waals surface area contributed by atoms with Crippen molar-refractivity contribution in [1.29, 1.82) is 0 Å². The Hall–Kier alpha value is -2.02. The van der Waals surface area contributed by atoms with E-state index < -0.39 is 16.2 Å². The number of thiazole rings is 1. The molecule has 0 spiro atoms. The summed E-state index contributed by atoms with van der Waals surface area (Å²) in [5.74, 6) is 0. The van der Waals surface area contributed by atoms with E-state index in [1.165, 1.54) is 28.4 Å². The highest BCUT2D eigenvalue weighted by Crippen LogP contribution is 2.26. The second-order valence-corrected chi connectivity index (χ2v) is 5.70. The van der Waals surface area contributed by atoms with Crippen molar-refractivity contribution in [3.8, 4) is 0 Å². The summed E-state index contributed by atoms with van der Waals surface area (Å²) in [7, 11) is 0. The molecule has 0 aromatic carbocycles. The van der Waals surface area contributed by atoms with Crippen LogP contribution in [0.25, 0.3) is 11.0 Å². The summed E-state index contributed by atoms with van der Waals surface area (Å²) in [6, 6.07) is 0. The van der Waals surface area contributed by atoms with Gasteiger partial charge in [-0.15, -0.1) is 11.3 Å². The van der Waals surface area contributed by atoms with Crippen LogP contribution in [-0.2, 0) is 0 Å². The molecule has 0 bridgehead atoms. The highest BCUT2D eigenvalue weighted by molar-refractivity contribution is 7.15. The molecule has 0 amide bonds. The Morgan fingerprint density at radius 1 is 1.35 bits per heavy atom. The van der Waals surface area contributed by atoms with E-state index in [-0.39, 0.29) is 5.69 Å². The number of nitrogens with zero attached hydrogens (tertiary/aromatic N) is 3. The maximum atomic E-state index is 12.2. The molecule has 0 N–H and O–H groups in total. The van der Waals surface area contributed by atoms with E-state index in [0.29, 0.717) is 4.96 Å². The molecule has 6 nitrogen and oxygen atoms in total. The van der Waals surface area contributed by atoms with Crippen LogP contribution in [0.1, 0.15) is 37.8 Å². The van der Waals surface area contributed by atoms with Gasteiger partial charge in [-0.3, -0.25) is 19.3 Å². The van der Waals surface area contributed by atoms with Gasteiger partial charge in [-0.1, -0.05) is 12.0 Å². The summed E-state index contributed by atoms with van der Waals surface area (Å²) in [6.45, 7) is 0. The fourth-order valence-electron chi connectivity index (χ4n) is 2.50. The van der Waals surface area contributed by atoms with Crippen LogP contribution >= 0.6 is 11.3 Å². The van der Waals surface area contributed by atoms with Crippen LogP contribution in [0, 0.1) is 10.1 Å². The van der Waals surface area contributed by atoms with Crippen molar-refractivity contribution in [3.05, 3.63) is 43.3 Å². The number of nitro groups is 1. The Morgan fingerprint density at radius 2 is 2.10 bits per heavy atom. The molecule has 7 heteroatoms. The molecule has 0 unspecified atom stereocenters. The van der Waals surface area contributed by atoms with Crippen LogP contribution in [0.5, 0.6) is 0 Å². The first-order valence-corrected chi connectivity index (χ1v) is 7.38. The number of rotatable bonds is 2. The molecule has 20 heavy (non-hydrogen) atoms. The SMILES string of the molecule is O=c1c([N+](=O)[O-])c(C=C2CCCCC2)nc2sccn12. The first-order valence-electron chi connectivity index (χ1n) is 6.50. The van der Waals surface area contributed by atoms with Gasteiger partial charge >= 0.3 is 11.2 Å². The lowest BCUT2D eigenvalue weighted by molar-refractivity contribution is -0.386. The van der Waals surface area contributed by atoms with Crippen LogP contribution in [0.2, 0.25) is 0 Å². The molecular weight excluding hydrogens is 278 g/mol. The minimum Gasteiger partial charge on any atom is -0.261 e. The van der Waals surface area contributed by atoms with Crippen LogP contribution in [0.4, 0.5) is 5.69 Å². The number of allylic oxidation sites excluding steroid dienone is 1. The second-order valence-electron chi connectivity index (χ2n) is 4.83. The lowest BCUT2D eigenvalue weighted by Gasteiger charge is -2.13. The van der Waals surface area contributed by atoms with E-state index >= 15 is 0 Å². The molecule has 2 aromatic rings. The summed E-state index contributed by atoms with van der Waals surface area (Å²) >= 11 is 1.30. The maximum Gasteiger partial charge on any atom is 0.359 e. The van der Waals surface area contributed by atoms with E-state index in [0.717, 1.165) is 31.3 Å². The number of aromatic nitrogens is 2. The lowest BCUT2D eigenvalue weighted by atomic mass is 9.94. The third-order valence-corrected chi connectivity index (χ3v) is 4.25. The second kappa shape index (κ2) is 5.16. The largest absolute Gasteiger partial charge is 0.359 e. The van der Waals surface area contributed by atoms with Gasteiger partial charge < -0.3 is 0 Å². The van der Waals surface area contributed by atoms with Crippen molar-refractivity contribution in [2.45, 2.75) is 32.1 Å². The zero-order valence-corrected chi connectivity index (χ0v) is 11.6. The summed E-state index contributed by atoms with van der Waals surface area (Å²) in [5.41, 5.74) is 0.300. The quantitative estimate of drug-likeness (QED) is 0.629. The molecule has 0 radical (unpaired) electrons. The highest BCUT2D eigenvalue weighted by atomic mass is 32.1. The van der Waals surface area contributed by atoms with E-state index in [9.17, 15) is 14.9 Å². The Labute approximate surface area is 118 Å². The molecule has 2 heterocycles. The van der Waals surface area contributed by atoms with Crippen molar-refractivity contribution >= 4 is 28.1 Å². The average molecular weight is 291 g/mol. The maximum absolute atomic E-state index is 12.2. The number of fused-ring (bicyclic) bond motifs is 1. The monoisotopic (exact) mass is 291 g/mol. The van der Waals surface area contributed by atoms with Crippen LogP contribution < -0.4 is 5.56 Å². The van der Waals surface area contributed by atoms with Gasteiger partial charge in [-0.2, -0.15) is 0 Å². The molecule has 1 aliphatic carbocycles. The number of hydrogen-bond donors (Lipinski definition) is 0. The van der Waals surface area contributed by atoms with E-state index in [4.69, 9.17) is 0 Å². The fourth-order valence-corrected chi connectivity index (χ4v) is 3.22. The van der Waals surface area contributed by atoms with Crippen LogP contribution in [0.3, 0.4) is 0 Å². The van der Waals surface area contributed by atoms with Crippen molar-refractivity contribution < 1.29 is 4.92 Å². The lowest BCUT2D eigenvalue weighted by Crippen LogP contribution is -2.18. The molecule has 1 saturated carbocycles. The molecule has 0 saturated heterocycles. The van der Waals surface area contributed by atoms with Crippen molar-refractivity contribution in [1.82, 2.24) is 9.38 Å². The van der Waals surface area contributed by atoms with Crippen molar-refractivity contribution in [3.63, 3.8) is 0 Å². The molecule has 2 aromatic heterocycles. The van der Waals surface area contributed by atoms with Gasteiger partial charge in [-0.25, -0.2) is 4.98 Å². The summed E-state index contributed by atoms with van der Waals surface area (Å²) in [6.07, 6.45) is 8.50. The van der Waals surface area contributed by atoms with Gasteiger partial charge in [-0.05, 0) is 31.8 Å².